The standard InChI is InChI=1S/C13H19NO2/c1-16-13-8-11(10-15)4-5-12(13)9-14-6-2-3-7-14/h4-5,8,15H,2-3,6-7,9-10H2,1H3. The van der Waals surface area contributed by atoms with Crippen LogP contribution in [0.2, 0.25) is 0 Å². The molecule has 3 heteroatoms. The smallest absolute Gasteiger partial charge is 0.123 e. The van der Waals surface area contributed by atoms with Crippen LogP contribution in [0.3, 0.4) is 0 Å². The Morgan fingerprint density at radius 2 is 2.06 bits per heavy atom. The molecule has 1 fully saturated rings. The molecule has 1 saturated heterocycles. The molecule has 0 aliphatic carbocycles. The van der Waals surface area contributed by atoms with Crippen LogP contribution in [-0.2, 0) is 13.2 Å². The third-order valence-corrected chi connectivity index (χ3v) is 3.13. The van der Waals surface area contributed by atoms with Gasteiger partial charge in [0, 0.05) is 12.1 Å². The van der Waals surface area contributed by atoms with Crippen LogP contribution in [0.5, 0.6) is 5.75 Å². The molecule has 1 aliphatic rings. The van der Waals surface area contributed by atoms with Gasteiger partial charge in [0.05, 0.1) is 13.7 Å². The fourth-order valence-corrected chi connectivity index (χ4v) is 2.20. The summed E-state index contributed by atoms with van der Waals surface area (Å²) in [6, 6.07) is 5.95. The Kier molecular flexibility index (Phi) is 3.80. The normalized spacial score (nSPS) is 16.6. The zero-order valence-corrected chi connectivity index (χ0v) is 9.78. The van der Waals surface area contributed by atoms with E-state index in [1.165, 1.54) is 31.5 Å². The van der Waals surface area contributed by atoms with Crippen LogP contribution >= 0.6 is 0 Å². The molecule has 1 aromatic carbocycles. The summed E-state index contributed by atoms with van der Waals surface area (Å²) < 4.78 is 5.36. The van der Waals surface area contributed by atoms with Crippen molar-refractivity contribution in [3.63, 3.8) is 0 Å². The van der Waals surface area contributed by atoms with E-state index >= 15 is 0 Å². The third-order valence-electron chi connectivity index (χ3n) is 3.13. The molecule has 88 valence electrons. The van der Waals surface area contributed by atoms with Crippen molar-refractivity contribution < 1.29 is 9.84 Å². The largest absolute Gasteiger partial charge is 0.496 e. The number of hydrogen-bond acceptors (Lipinski definition) is 3. The van der Waals surface area contributed by atoms with Gasteiger partial charge >= 0.3 is 0 Å². The Morgan fingerprint density at radius 1 is 1.31 bits per heavy atom. The second kappa shape index (κ2) is 5.32. The quantitative estimate of drug-likeness (QED) is 0.841. The molecule has 0 atom stereocenters. The van der Waals surface area contributed by atoms with Gasteiger partial charge in [-0.3, -0.25) is 4.90 Å². The summed E-state index contributed by atoms with van der Waals surface area (Å²) in [7, 11) is 1.68. The van der Waals surface area contributed by atoms with Crippen molar-refractivity contribution >= 4 is 0 Å². The Morgan fingerprint density at radius 3 is 2.69 bits per heavy atom. The zero-order valence-electron chi connectivity index (χ0n) is 9.78. The van der Waals surface area contributed by atoms with Crippen LogP contribution in [0, 0.1) is 0 Å². The van der Waals surface area contributed by atoms with Crippen molar-refractivity contribution in [2.24, 2.45) is 0 Å². The van der Waals surface area contributed by atoms with Gasteiger partial charge in [-0.1, -0.05) is 12.1 Å². The van der Waals surface area contributed by atoms with Gasteiger partial charge in [-0.15, -0.1) is 0 Å². The lowest BCUT2D eigenvalue weighted by atomic mass is 10.1. The fraction of sp³-hybridized carbons (Fsp3) is 0.538. The first kappa shape index (κ1) is 11.4. The van der Waals surface area contributed by atoms with E-state index in [0.717, 1.165) is 17.9 Å². The summed E-state index contributed by atoms with van der Waals surface area (Å²) in [6.07, 6.45) is 2.61. The van der Waals surface area contributed by atoms with E-state index in [9.17, 15) is 0 Å². The highest BCUT2D eigenvalue weighted by Crippen LogP contribution is 2.23. The minimum Gasteiger partial charge on any atom is -0.496 e. The molecular formula is C13H19NO2. The second-order valence-electron chi connectivity index (χ2n) is 4.29. The maximum atomic E-state index is 9.07. The number of benzene rings is 1. The Balaban J connectivity index is 2.12. The lowest BCUT2D eigenvalue weighted by Crippen LogP contribution is -2.18. The average molecular weight is 221 g/mol. The van der Waals surface area contributed by atoms with Gasteiger partial charge in [-0.25, -0.2) is 0 Å². The first-order valence-corrected chi connectivity index (χ1v) is 5.82. The van der Waals surface area contributed by atoms with E-state index in [0.29, 0.717) is 0 Å². The summed E-state index contributed by atoms with van der Waals surface area (Å²) >= 11 is 0. The number of methoxy groups -OCH3 is 1. The molecule has 16 heavy (non-hydrogen) atoms. The van der Waals surface area contributed by atoms with Gasteiger partial charge in [-0.05, 0) is 37.6 Å². The number of nitrogens with zero attached hydrogens (tertiary/aromatic N) is 1. The molecule has 0 radical (unpaired) electrons. The first-order valence-electron chi connectivity index (χ1n) is 5.82. The molecule has 3 nitrogen and oxygen atoms in total. The van der Waals surface area contributed by atoms with Gasteiger partial charge in [0.2, 0.25) is 0 Å². The topological polar surface area (TPSA) is 32.7 Å². The predicted molar refractivity (Wildman–Crippen MR) is 63.4 cm³/mol. The molecule has 1 N–H and O–H groups in total. The first-order chi connectivity index (χ1) is 7.83. The van der Waals surface area contributed by atoms with Crippen LogP contribution in [-0.4, -0.2) is 30.2 Å². The average Bonchev–Trinajstić information content (AvgIpc) is 2.82. The van der Waals surface area contributed by atoms with Gasteiger partial charge in [0.15, 0.2) is 0 Å². The highest BCUT2D eigenvalue weighted by atomic mass is 16.5. The van der Waals surface area contributed by atoms with Crippen molar-refractivity contribution in [2.45, 2.75) is 26.0 Å². The molecule has 1 aromatic rings. The van der Waals surface area contributed by atoms with E-state index in [1.807, 2.05) is 12.1 Å². The van der Waals surface area contributed by atoms with E-state index < -0.39 is 0 Å². The molecule has 0 unspecified atom stereocenters. The van der Waals surface area contributed by atoms with Crippen LogP contribution in [0.1, 0.15) is 24.0 Å². The molecule has 2 rings (SSSR count). The maximum Gasteiger partial charge on any atom is 0.123 e. The Bertz CT molecular complexity index is 346. The van der Waals surface area contributed by atoms with Crippen molar-refractivity contribution in [3.8, 4) is 5.75 Å². The SMILES string of the molecule is COc1cc(CO)ccc1CN1CCCC1. The number of ether oxygens (including phenoxy) is 1. The highest BCUT2D eigenvalue weighted by molar-refractivity contribution is 5.37. The summed E-state index contributed by atoms with van der Waals surface area (Å²) in [6.45, 7) is 3.39. The minimum atomic E-state index is 0.0698. The lowest BCUT2D eigenvalue weighted by Gasteiger charge is -2.17. The van der Waals surface area contributed by atoms with E-state index in [2.05, 4.69) is 11.0 Å². The van der Waals surface area contributed by atoms with Crippen molar-refractivity contribution in [1.82, 2.24) is 4.90 Å². The zero-order chi connectivity index (χ0) is 11.4. The molecule has 1 heterocycles. The molecule has 0 spiro atoms. The van der Waals surface area contributed by atoms with Crippen molar-refractivity contribution in [3.05, 3.63) is 29.3 Å². The monoisotopic (exact) mass is 221 g/mol. The van der Waals surface area contributed by atoms with Crippen LogP contribution in [0.25, 0.3) is 0 Å². The van der Waals surface area contributed by atoms with E-state index in [-0.39, 0.29) is 6.61 Å². The lowest BCUT2D eigenvalue weighted by molar-refractivity contribution is 0.280. The summed E-state index contributed by atoms with van der Waals surface area (Å²) in [5.74, 6) is 0.887. The van der Waals surface area contributed by atoms with Crippen molar-refractivity contribution in [1.29, 1.82) is 0 Å². The number of aliphatic hydroxyl groups is 1. The molecule has 0 aromatic heterocycles. The van der Waals surface area contributed by atoms with Crippen molar-refractivity contribution in [2.75, 3.05) is 20.2 Å². The molecule has 1 aliphatic heterocycles. The Hall–Kier alpha value is -1.06. The van der Waals surface area contributed by atoms with E-state index in [1.54, 1.807) is 7.11 Å². The van der Waals surface area contributed by atoms with Crippen LogP contribution < -0.4 is 4.74 Å². The number of hydrogen-bond donors (Lipinski definition) is 1. The summed E-state index contributed by atoms with van der Waals surface area (Å²) in [4.78, 5) is 2.44. The third kappa shape index (κ3) is 2.54. The van der Waals surface area contributed by atoms with Gasteiger partial charge in [-0.2, -0.15) is 0 Å². The molecular weight excluding hydrogens is 202 g/mol. The van der Waals surface area contributed by atoms with Gasteiger partial charge in [0.1, 0.15) is 5.75 Å². The fourth-order valence-electron chi connectivity index (χ4n) is 2.20. The minimum absolute atomic E-state index is 0.0698. The maximum absolute atomic E-state index is 9.07. The summed E-state index contributed by atoms with van der Waals surface area (Å²) in [5.41, 5.74) is 2.11. The number of rotatable bonds is 4. The highest BCUT2D eigenvalue weighted by Gasteiger charge is 2.14. The molecule has 0 bridgehead atoms. The Labute approximate surface area is 96.6 Å². The number of aliphatic hydroxyl groups excluding tert-OH is 1. The van der Waals surface area contributed by atoms with Crippen LogP contribution in [0.15, 0.2) is 18.2 Å². The molecule has 0 saturated carbocycles. The van der Waals surface area contributed by atoms with E-state index in [4.69, 9.17) is 9.84 Å². The number of likely N-dealkylation sites (tertiary alicyclic amines) is 1. The van der Waals surface area contributed by atoms with Gasteiger partial charge in [0.25, 0.3) is 0 Å². The second-order valence-corrected chi connectivity index (χ2v) is 4.29. The molecule has 0 amide bonds. The predicted octanol–water partition coefficient (Wildman–Crippen LogP) is 1.78. The van der Waals surface area contributed by atoms with Gasteiger partial charge < -0.3 is 9.84 Å². The van der Waals surface area contributed by atoms with Crippen LogP contribution in [0.4, 0.5) is 0 Å². The summed E-state index contributed by atoms with van der Waals surface area (Å²) in [5, 5.41) is 9.07.